The van der Waals surface area contributed by atoms with Gasteiger partial charge in [-0.1, -0.05) is 23.4 Å². The highest BCUT2D eigenvalue weighted by molar-refractivity contribution is 7.99. The minimum atomic E-state index is -5.08. The summed E-state index contributed by atoms with van der Waals surface area (Å²) in [5.74, 6) is -1.85. The quantitative estimate of drug-likeness (QED) is 0.298. The van der Waals surface area contributed by atoms with Crippen molar-refractivity contribution in [2.24, 2.45) is 18.2 Å². The van der Waals surface area contributed by atoms with E-state index in [2.05, 4.69) is 35.2 Å². The number of hydrogen-bond donors (Lipinski definition) is 2. The number of fused-ring (bicyclic) bond motifs is 3. The number of aliphatic carboxylic acids is 1. The number of nitrogens with two attached hydrogens (primary N) is 1. The van der Waals surface area contributed by atoms with Gasteiger partial charge in [0.1, 0.15) is 0 Å². The van der Waals surface area contributed by atoms with Gasteiger partial charge in [0, 0.05) is 73.4 Å². The third-order valence-electron chi connectivity index (χ3n) is 7.77. The van der Waals surface area contributed by atoms with Crippen LogP contribution in [0.4, 0.5) is 19.1 Å². The summed E-state index contributed by atoms with van der Waals surface area (Å²) in [6, 6.07) is 6.10. The number of nitrogens with zero attached hydrogens (tertiary/aromatic N) is 8. The molecule has 3 N–H and O–H groups in total. The van der Waals surface area contributed by atoms with Gasteiger partial charge in [0.15, 0.2) is 5.65 Å². The molecule has 0 aliphatic carbocycles. The van der Waals surface area contributed by atoms with Crippen molar-refractivity contribution in [2.45, 2.75) is 41.4 Å². The minimum Gasteiger partial charge on any atom is -0.475 e. The summed E-state index contributed by atoms with van der Waals surface area (Å²) in [5, 5.41) is 17.7. The van der Waals surface area contributed by atoms with E-state index in [4.69, 9.17) is 32.2 Å². The van der Waals surface area contributed by atoms with Gasteiger partial charge in [0.2, 0.25) is 5.95 Å². The number of benzene rings is 1. The SMILES string of the molecule is Cn1cc2c(Cl)c(Sc3cnc(N4CCC5(CC4)Cn4nccc4[C@H]5N)n4ccnc34)ccc2n1.O=C(O)C(F)(F)F. The molecular weight excluding hydrogens is 595 g/mol. The first-order valence-electron chi connectivity index (χ1n) is 12.9. The summed E-state index contributed by atoms with van der Waals surface area (Å²) in [6.45, 7) is 2.69. The number of carboxylic acids is 1. The smallest absolute Gasteiger partial charge is 0.475 e. The first-order valence-corrected chi connectivity index (χ1v) is 14.1. The number of carboxylic acid groups (broad SMARTS) is 1. The Kier molecular flexibility index (Phi) is 7.06. The molecule has 7 rings (SSSR count). The Morgan fingerprint density at radius 2 is 1.90 bits per heavy atom. The van der Waals surface area contributed by atoms with Crippen LogP contribution in [0.3, 0.4) is 0 Å². The Hall–Kier alpha value is -3.82. The monoisotopic (exact) mass is 619 g/mol. The van der Waals surface area contributed by atoms with Crippen molar-refractivity contribution in [1.82, 2.24) is 33.9 Å². The van der Waals surface area contributed by atoms with E-state index in [-0.39, 0.29) is 11.5 Å². The van der Waals surface area contributed by atoms with Crippen LogP contribution in [0.25, 0.3) is 16.6 Å². The summed E-state index contributed by atoms with van der Waals surface area (Å²) in [4.78, 5) is 22.7. The first kappa shape index (κ1) is 28.3. The number of aromatic nitrogens is 7. The van der Waals surface area contributed by atoms with E-state index in [1.807, 2.05) is 50.2 Å². The predicted octanol–water partition coefficient (Wildman–Crippen LogP) is 4.55. The number of rotatable bonds is 3. The van der Waals surface area contributed by atoms with Gasteiger partial charge in [-0.15, -0.1) is 0 Å². The molecule has 1 saturated heterocycles. The van der Waals surface area contributed by atoms with E-state index < -0.39 is 12.1 Å². The van der Waals surface area contributed by atoms with E-state index in [9.17, 15) is 13.2 Å². The van der Waals surface area contributed by atoms with E-state index >= 15 is 0 Å². The average molecular weight is 620 g/mol. The van der Waals surface area contributed by atoms with Gasteiger partial charge < -0.3 is 15.7 Å². The molecule has 2 aliphatic heterocycles. The molecule has 1 atom stereocenters. The average Bonchev–Trinajstić information content (AvgIpc) is 3.73. The summed E-state index contributed by atoms with van der Waals surface area (Å²) >= 11 is 8.31. The number of aryl methyl sites for hydroxylation is 1. The molecule has 11 nitrogen and oxygen atoms in total. The Labute approximate surface area is 246 Å². The second-order valence-corrected chi connectivity index (χ2v) is 11.8. The summed E-state index contributed by atoms with van der Waals surface area (Å²) < 4.78 is 37.7. The molecule has 0 unspecified atom stereocenters. The van der Waals surface area contributed by atoms with Crippen molar-refractivity contribution in [3.05, 3.63) is 59.9 Å². The molecule has 16 heteroatoms. The molecule has 0 bridgehead atoms. The van der Waals surface area contributed by atoms with Crippen LogP contribution in [-0.2, 0) is 18.4 Å². The molecule has 6 heterocycles. The first-order chi connectivity index (χ1) is 20.0. The molecule has 1 fully saturated rings. The number of hydrogen-bond acceptors (Lipinski definition) is 8. The van der Waals surface area contributed by atoms with E-state index in [1.165, 1.54) is 0 Å². The molecule has 1 spiro atoms. The zero-order valence-electron chi connectivity index (χ0n) is 22.2. The van der Waals surface area contributed by atoms with Crippen molar-refractivity contribution in [3.8, 4) is 0 Å². The normalized spacial score (nSPS) is 18.0. The molecule has 1 aromatic carbocycles. The lowest BCUT2D eigenvalue weighted by Crippen LogP contribution is -2.45. The zero-order valence-corrected chi connectivity index (χ0v) is 23.7. The second-order valence-electron chi connectivity index (χ2n) is 10.3. The molecular formula is C26H25ClF3N9O2S. The van der Waals surface area contributed by atoms with Crippen LogP contribution in [0.15, 0.2) is 59.0 Å². The van der Waals surface area contributed by atoms with Crippen molar-refractivity contribution < 1.29 is 23.1 Å². The van der Waals surface area contributed by atoms with Crippen LogP contribution in [0, 0.1) is 5.41 Å². The van der Waals surface area contributed by atoms with Crippen LogP contribution < -0.4 is 10.6 Å². The molecule has 4 aromatic heterocycles. The van der Waals surface area contributed by atoms with Crippen LogP contribution >= 0.6 is 23.4 Å². The summed E-state index contributed by atoms with van der Waals surface area (Å²) in [5.41, 5.74) is 9.66. The molecule has 2 aliphatic rings. The number of anilines is 1. The molecule has 5 aromatic rings. The van der Waals surface area contributed by atoms with Crippen LogP contribution in [0.2, 0.25) is 5.02 Å². The highest BCUT2D eigenvalue weighted by Crippen LogP contribution is 2.48. The molecule has 220 valence electrons. The predicted molar refractivity (Wildman–Crippen MR) is 150 cm³/mol. The maximum absolute atomic E-state index is 10.6. The fraction of sp³-hybridized carbons (Fsp3) is 0.346. The highest BCUT2D eigenvalue weighted by atomic mass is 35.5. The van der Waals surface area contributed by atoms with Gasteiger partial charge in [-0.3, -0.25) is 13.8 Å². The van der Waals surface area contributed by atoms with Crippen molar-refractivity contribution in [2.75, 3.05) is 18.0 Å². The highest BCUT2D eigenvalue weighted by Gasteiger charge is 2.47. The Balaban J connectivity index is 0.000000405. The Morgan fingerprint density at radius 1 is 1.17 bits per heavy atom. The summed E-state index contributed by atoms with van der Waals surface area (Å²) in [7, 11) is 1.90. The van der Waals surface area contributed by atoms with Gasteiger partial charge in [-0.25, -0.2) is 14.8 Å². The van der Waals surface area contributed by atoms with Gasteiger partial charge in [-0.05, 0) is 31.0 Å². The number of carbonyl (C=O) groups is 1. The van der Waals surface area contributed by atoms with Gasteiger partial charge >= 0.3 is 12.1 Å². The molecule has 0 radical (unpaired) electrons. The summed E-state index contributed by atoms with van der Waals surface area (Å²) in [6.07, 6.45) is 6.44. The van der Waals surface area contributed by atoms with E-state index in [1.54, 1.807) is 16.4 Å². The van der Waals surface area contributed by atoms with Gasteiger partial charge in [0.25, 0.3) is 0 Å². The minimum absolute atomic E-state index is 0.0362. The second kappa shape index (κ2) is 10.5. The van der Waals surface area contributed by atoms with E-state index in [0.717, 1.165) is 70.5 Å². The van der Waals surface area contributed by atoms with E-state index in [0.29, 0.717) is 5.02 Å². The van der Waals surface area contributed by atoms with Crippen molar-refractivity contribution >= 4 is 51.8 Å². The fourth-order valence-electron chi connectivity index (χ4n) is 5.62. The Morgan fingerprint density at radius 3 is 2.60 bits per heavy atom. The zero-order chi connectivity index (χ0) is 29.8. The lowest BCUT2D eigenvalue weighted by Gasteiger charge is -2.41. The fourth-order valence-corrected chi connectivity index (χ4v) is 6.86. The van der Waals surface area contributed by atoms with Gasteiger partial charge in [-0.2, -0.15) is 23.4 Å². The molecule has 0 saturated carbocycles. The van der Waals surface area contributed by atoms with Crippen LogP contribution in [-0.4, -0.2) is 64.3 Å². The Bertz CT molecular complexity index is 1790. The van der Waals surface area contributed by atoms with Crippen LogP contribution in [0.1, 0.15) is 24.6 Å². The third-order valence-corrected chi connectivity index (χ3v) is 9.36. The van der Waals surface area contributed by atoms with Crippen LogP contribution in [0.5, 0.6) is 0 Å². The lowest BCUT2D eigenvalue weighted by molar-refractivity contribution is -0.192. The number of imidazole rings is 1. The van der Waals surface area contributed by atoms with Crippen molar-refractivity contribution in [3.63, 3.8) is 0 Å². The maximum atomic E-state index is 10.6. The lowest BCUT2D eigenvalue weighted by atomic mass is 9.74. The maximum Gasteiger partial charge on any atom is 0.490 e. The topological polar surface area (TPSA) is 132 Å². The number of piperidine rings is 1. The number of alkyl halides is 3. The standard InChI is InChI=1S/C24H24ClN9S.C2HF3O2/c1-31-13-15-16(30-31)2-3-18(20(15)25)35-19-12-28-23(33-11-8-27-22(19)33)32-9-5-24(6-10-32)14-34-17(21(24)26)4-7-29-34;3-2(4,5)1(6)7/h2-4,7-8,11-13,21H,5-6,9-10,14,26H2,1H3;(H,6,7)/t21-;/m1./s1. The number of halogens is 4. The largest absolute Gasteiger partial charge is 0.490 e. The van der Waals surface area contributed by atoms with Crippen molar-refractivity contribution in [1.29, 1.82) is 0 Å². The molecule has 0 amide bonds. The van der Waals surface area contributed by atoms with Gasteiger partial charge in [0.05, 0.1) is 27.2 Å². The third kappa shape index (κ3) is 4.94. The molecule has 42 heavy (non-hydrogen) atoms.